The lowest BCUT2D eigenvalue weighted by atomic mass is 10.1. The maximum Gasteiger partial charge on any atom is 0.259 e. The van der Waals surface area contributed by atoms with Crippen LogP contribution in [0.5, 0.6) is 0 Å². The zero-order chi connectivity index (χ0) is 14.9. The Labute approximate surface area is 115 Å². The molecular formula is C14H14F2N2O2. The number of nitrogens with zero attached hydrogens (tertiary/aromatic N) is 2. The lowest BCUT2D eigenvalue weighted by Gasteiger charge is -2.21. The van der Waals surface area contributed by atoms with Crippen LogP contribution in [-0.2, 0) is 0 Å². The molecular weight excluding hydrogens is 266 g/mol. The topological polar surface area (TPSA) is 64.3 Å². The number of carbonyl (C=O) groups is 1. The third kappa shape index (κ3) is 2.94. The Morgan fingerprint density at radius 2 is 2.05 bits per heavy atom. The van der Waals surface area contributed by atoms with Crippen LogP contribution in [0.4, 0.5) is 8.78 Å². The Bertz CT molecular complexity index is 556. The van der Waals surface area contributed by atoms with E-state index in [1.807, 2.05) is 0 Å². The third-order valence-corrected chi connectivity index (χ3v) is 3.36. The van der Waals surface area contributed by atoms with E-state index in [-0.39, 0.29) is 18.0 Å². The standard InChI is InChI=1S/C14H14F2N2O2/c1-18(7-12(19)9-2-3-9)14(20)13-10(15)4-8(6-17)5-11(13)16/h4-5,9,12,19H,2-3,7H2,1H3. The quantitative estimate of drug-likeness (QED) is 0.912. The summed E-state index contributed by atoms with van der Waals surface area (Å²) in [5.74, 6) is -2.82. The van der Waals surface area contributed by atoms with Crippen LogP contribution in [0.15, 0.2) is 12.1 Å². The van der Waals surface area contributed by atoms with E-state index in [4.69, 9.17) is 5.26 Å². The summed E-state index contributed by atoms with van der Waals surface area (Å²) in [6, 6.07) is 3.26. The summed E-state index contributed by atoms with van der Waals surface area (Å²) in [5, 5.41) is 18.4. The predicted molar refractivity (Wildman–Crippen MR) is 66.8 cm³/mol. The minimum atomic E-state index is -1.07. The predicted octanol–water partition coefficient (Wildman–Crippen LogP) is 1.68. The second-order valence-electron chi connectivity index (χ2n) is 5.02. The van der Waals surface area contributed by atoms with Gasteiger partial charge in [0.2, 0.25) is 0 Å². The molecule has 1 aromatic rings. The highest BCUT2D eigenvalue weighted by Crippen LogP contribution is 2.32. The van der Waals surface area contributed by atoms with Crippen molar-refractivity contribution in [3.05, 3.63) is 34.9 Å². The maximum absolute atomic E-state index is 13.7. The second-order valence-corrected chi connectivity index (χ2v) is 5.02. The van der Waals surface area contributed by atoms with E-state index in [0.29, 0.717) is 0 Å². The van der Waals surface area contributed by atoms with Gasteiger partial charge in [0.15, 0.2) is 0 Å². The number of aliphatic hydroxyl groups is 1. The molecule has 0 bridgehead atoms. The fraction of sp³-hybridized carbons (Fsp3) is 0.429. The van der Waals surface area contributed by atoms with E-state index in [0.717, 1.165) is 29.9 Å². The molecule has 4 nitrogen and oxygen atoms in total. The van der Waals surface area contributed by atoms with E-state index in [1.54, 1.807) is 6.07 Å². The molecule has 0 heterocycles. The van der Waals surface area contributed by atoms with Gasteiger partial charge in [-0.15, -0.1) is 0 Å². The Balaban J connectivity index is 2.18. The number of benzene rings is 1. The molecule has 1 atom stereocenters. The van der Waals surface area contributed by atoms with Crippen molar-refractivity contribution >= 4 is 5.91 Å². The Kier molecular flexibility index (Phi) is 4.00. The summed E-state index contributed by atoms with van der Waals surface area (Å²) in [6.07, 6.45) is 1.14. The van der Waals surface area contributed by atoms with E-state index in [2.05, 4.69) is 0 Å². The van der Waals surface area contributed by atoms with Gasteiger partial charge >= 0.3 is 0 Å². The van der Waals surface area contributed by atoms with Crippen molar-refractivity contribution in [2.75, 3.05) is 13.6 Å². The Hall–Kier alpha value is -2.00. The second kappa shape index (κ2) is 5.55. The molecule has 2 rings (SSSR count). The SMILES string of the molecule is CN(CC(O)C1CC1)C(=O)c1c(F)cc(C#N)cc1F. The van der Waals surface area contributed by atoms with E-state index >= 15 is 0 Å². The summed E-state index contributed by atoms with van der Waals surface area (Å²) < 4.78 is 27.4. The van der Waals surface area contributed by atoms with Gasteiger partial charge in [0.25, 0.3) is 5.91 Å². The third-order valence-electron chi connectivity index (χ3n) is 3.36. The molecule has 1 unspecified atom stereocenters. The average molecular weight is 280 g/mol. The minimum Gasteiger partial charge on any atom is -0.391 e. The zero-order valence-electron chi connectivity index (χ0n) is 10.9. The molecule has 1 N–H and O–H groups in total. The van der Waals surface area contributed by atoms with Gasteiger partial charge < -0.3 is 10.0 Å². The van der Waals surface area contributed by atoms with Gasteiger partial charge in [0.1, 0.15) is 17.2 Å². The Morgan fingerprint density at radius 1 is 1.50 bits per heavy atom. The first-order valence-corrected chi connectivity index (χ1v) is 6.26. The molecule has 0 saturated heterocycles. The first-order valence-electron chi connectivity index (χ1n) is 6.26. The molecule has 106 valence electrons. The maximum atomic E-state index is 13.7. The molecule has 1 aliphatic rings. The van der Waals surface area contributed by atoms with Crippen molar-refractivity contribution in [3.8, 4) is 6.07 Å². The molecule has 6 heteroatoms. The number of amides is 1. The molecule has 1 amide bonds. The smallest absolute Gasteiger partial charge is 0.259 e. The van der Waals surface area contributed by atoms with Gasteiger partial charge in [0, 0.05) is 13.6 Å². The number of hydrogen-bond acceptors (Lipinski definition) is 3. The summed E-state index contributed by atoms with van der Waals surface area (Å²) >= 11 is 0. The number of nitriles is 1. The number of aliphatic hydroxyl groups excluding tert-OH is 1. The average Bonchev–Trinajstić information content (AvgIpc) is 3.21. The van der Waals surface area contributed by atoms with Crippen LogP contribution >= 0.6 is 0 Å². The summed E-state index contributed by atoms with van der Waals surface area (Å²) in [7, 11) is 1.38. The first kappa shape index (κ1) is 14.4. The summed E-state index contributed by atoms with van der Waals surface area (Å²) in [4.78, 5) is 13.1. The van der Waals surface area contributed by atoms with Gasteiger partial charge in [-0.3, -0.25) is 4.79 Å². The van der Waals surface area contributed by atoms with Gasteiger partial charge in [-0.25, -0.2) is 8.78 Å². The fourth-order valence-electron chi connectivity index (χ4n) is 2.03. The zero-order valence-corrected chi connectivity index (χ0v) is 10.9. The van der Waals surface area contributed by atoms with Crippen LogP contribution < -0.4 is 0 Å². The van der Waals surface area contributed by atoms with Gasteiger partial charge in [-0.1, -0.05) is 0 Å². The van der Waals surface area contributed by atoms with Crippen molar-refractivity contribution in [3.63, 3.8) is 0 Å². The summed E-state index contributed by atoms with van der Waals surface area (Å²) in [6.45, 7) is 0.0301. The normalized spacial score (nSPS) is 15.6. The van der Waals surface area contributed by atoms with Crippen molar-refractivity contribution in [2.24, 2.45) is 5.92 Å². The van der Waals surface area contributed by atoms with Crippen molar-refractivity contribution in [1.82, 2.24) is 4.90 Å². The first-order chi connectivity index (χ1) is 9.43. The molecule has 1 saturated carbocycles. The van der Waals surface area contributed by atoms with E-state index < -0.39 is 29.2 Å². The van der Waals surface area contributed by atoms with Crippen molar-refractivity contribution in [1.29, 1.82) is 5.26 Å². The van der Waals surface area contributed by atoms with Gasteiger partial charge in [0.05, 0.1) is 17.7 Å². The monoisotopic (exact) mass is 280 g/mol. The molecule has 1 fully saturated rings. The van der Waals surface area contributed by atoms with Crippen molar-refractivity contribution < 1.29 is 18.7 Å². The van der Waals surface area contributed by atoms with E-state index in [1.165, 1.54) is 7.05 Å². The number of hydrogen-bond donors (Lipinski definition) is 1. The van der Waals surface area contributed by atoms with Crippen LogP contribution in [0, 0.1) is 28.9 Å². The van der Waals surface area contributed by atoms with Gasteiger partial charge in [-0.05, 0) is 30.9 Å². The molecule has 20 heavy (non-hydrogen) atoms. The molecule has 0 radical (unpaired) electrons. The van der Waals surface area contributed by atoms with Crippen LogP contribution in [0.25, 0.3) is 0 Å². The highest BCUT2D eigenvalue weighted by atomic mass is 19.1. The summed E-state index contributed by atoms with van der Waals surface area (Å²) in [5.41, 5.74) is -0.883. The van der Waals surface area contributed by atoms with Crippen LogP contribution in [0.3, 0.4) is 0 Å². The number of carbonyl (C=O) groups excluding carboxylic acids is 1. The van der Waals surface area contributed by atoms with Gasteiger partial charge in [-0.2, -0.15) is 5.26 Å². The molecule has 1 aromatic carbocycles. The number of likely N-dealkylation sites (N-methyl/N-ethyl adjacent to an activating group) is 1. The molecule has 1 aliphatic carbocycles. The van der Waals surface area contributed by atoms with Crippen LogP contribution in [-0.4, -0.2) is 35.6 Å². The lowest BCUT2D eigenvalue weighted by Crippen LogP contribution is -2.36. The number of halogens is 2. The molecule has 0 aromatic heterocycles. The minimum absolute atomic E-state index is 0.0301. The fourth-order valence-corrected chi connectivity index (χ4v) is 2.03. The van der Waals surface area contributed by atoms with Crippen LogP contribution in [0.2, 0.25) is 0 Å². The Morgan fingerprint density at radius 3 is 2.50 bits per heavy atom. The highest BCUT2D eigenvalue weighted by Gasteiger charge is 2.32. The van der Waals surface area contributed by atoms with E-state index in [9.17, 15) is 18.7 Å². The lowest BCUT2D eigenvalue weighted by molar-refractivity contribution is 0.0636. The highest BCUT2D eigenvalue weighted by molar-refractivity contribution is 5.94. The number of rotatable bonds is 4. The molecule has 0 spiro atoms. The van der Waals surface area contributed by atoms with Crippen LogP contribution in [0.1, 0.15) is 28.8 Å². The van der Waals surface area contributed by atoms with Crippen molar-refractivity contribution in [2.45, 2.75) is 18.9 Å². The largest absolute Gasteiger partial charge is 0.391 e. The molecule has 0 aliphatic heterocycles.